The van der Waals surface area contributed by atoms with Crippen LogP contribution in [-0.2, 0) is 20.8 Å². The molecule has 0 saturated carbocycles. The summed E-state index contributed by atoms with van der Waals surface area (Å²) >= 11 is 0. The van der Waals surface area contributed by atoms with Crippen LogP contribution in [0.4, 0.5) is 0 Å². The number of nitrogens with two attached hydrogens (primary N) is 1. The Bertz CT molecular complexity index is 826. The first-order valence-corrected chi connectivity index (χ1v) is 9.74. The zero-order chi connectivity index (χ0) is 23.6. The molecule has 0 saturated heterocycles. The van der Waals surface area contributed by atoms with Crippen molar-refractivity contribution in [3.63, 3.8) is 0 Å². The third-order valence-electron chi connectivity index (χ3n) is 4.38. The van der Waals surface area contributed by atoms with Crippen molar-refractivity contribution < 1.29 is 29.4 Å². The van der Waals surface area contributed by atoms with Gasteiger partial charge in [-0.1, -0.05) is 26.0 Å². The summed E-state index contributed by atoms with van der Waals surface area (Å²) in [4.78, 5) is 47.5. The van der Waals surface area contributed by atoms with E-state index in [2.05, 4.69) is 16.0 Å². The van der Waals surface area contributed by atoms with Crippen LogP contribution in [0.1, 0.15) is 42.6 Å². The Hall–Kier alpha value is -3.63. The lowest BCUT2D eigenvalue weighted by Crippen LogP contribution is -2.53. The number of carboxylic acid groups (broad SMARTS) is 2. The molecule has 0 aliphatic rings. The molecule has 11 nitrogen and oxygen atoms in total. The summed E-state index contributed by atoms with van der Waals surface area (Å²) < 4.78 is 0. The standard InChI is InChI=1S/C20H29N5O6/c1-11(2)16(19(30)31)25-18(29)14(10-15(26)27)24-17(28)13-7-3-5-12(9-13)6-4-8-23-20(21)22/h3,5,7,9,11,14,16H,4,6,8,10H2,1-2H3,(H,24,28)(H,25,29)(H,26,27)(H,30,31)(H4,21,22,23)/t14-,16-/m0/s1. The van der Waals surface area contributed by atoms with Crippen LogP contribution in [0.15, 0.2) is 24.3 Å². The molecule has 31 heavy (non-hydrogen) atoms. The molecule has 11 heteroatoms. The zero-order valence-corrected chi connectivity index (χ0v) is 17.5. The summed E-state index contributed by atoms with van der Waals surface area (Å²) in [5.74, 6) is -4.67. The maximum absolute atomic E-state index is 12.6. The van der Waals surface area contributed by atoms with Gasteiger partial charge in [0.25, 0.3) is 5.91 Å². The molecule has 1 rings (SSSR count). The number of carbonyl (C=O) groups excluding carboxylic acids is 2. The smallest absolute Gasteiger partial charge is 0.326 e. The number of nitrogens with one attached hydrogen (secondary N) is 4. The molecule has 170 valence electrons. The predicted molar refractivity (Wildman–Crippen MR) is 113 cm³/mol. The van der Waals surface area contributed by atoms with E-state index in [0.717, 1.165) is 5.56 Å². The van der Waals surface area contributed by atoms with Crippen molar-refractivity contribution in [3.8, 4) is 0 Å². The SMILES string of the molecule is CC(C)[C@H](NC(=O)[C@H](CC(=O)O)NC(=O)c1cccc(CCCNC(=N)N)c1)C(=O)O. The minimum Gasteiger partial charge on any atom is -0.481 e. The van der Waals surface area contributed by atoms with Crippen molar-refractivity contribution in [2.45, 2.75) is 45.2 Å². The average molecular weight is 435 g/mol. The first kappa shape index (κ1) is 25.4. The van der Waals surface area contributed by atoms with Crippen molar-refractivity contribution in [3.05, 3.63) is 35.4 Å². The van der Waals surface area contributed by atoms with Crippen molar-refractivity contribution in [2.24, 2.45) is 11.7 Å². The van der Waals surface area contributed by atoms with Crippen LogP contribution in [0.25, 0.3) is 0 Å². The molecular formula is C20H29N5O6. The van der Waals surface area contributed by atoms with Gasteiger partial charge >= 0.3 is 11.9 Å². The third-order valence-corrected chi connectivity index (χ3v) is 4.38. The Morgan fingerprint density at radius 3 is 2.35 bits per heavy atom. The molecular weight excluding hydrogens is 406 g/mol. The average Bonchev–Trinajstić information content (AvgIpc) is 2.67. The highest BCUT2D eigenvalue weighted by Gasteiger charge is 2.30. The topological polar surface area (TPSA) is 195 Å². The third kappa shape index (κ3) is 9.15. The molecule has 8 N–H and O–H groups in total. The van der Waals surface area contributed by atoms with Gasteiger partial charge in [-0.2, -0.15) is 0 Å². The monoisotopic (exact) mass is 435 g/mol. The summed E-state index contributed by atoms with van der Waals surface area (Å²) in [5, 5.41) is 32.8. The first-order chi connectivity index (χ1) is 14.5. The van der Waals surface area contributed by atoms with E-state index in [0.29, 0.717) is 19.4 Å². The Morgan fingerprint density at radius 1 is 1.13 bits per heavy atom. The quantitative estimate of drug-likeness (QED) is 0.134. The van der Waals surface area contributed by atoms with Gasteiger partial charge in [-0.15, -0.1) is 0 Å². The largest absolute Gasteiger partial charge is 0.481 e. The first-order valence-electron chi connectivity index (χ1n) is 9.74. The molecule has 1 aromatic carbocycles. The lowest BCUT2D eigenvalue weighted by atomic mass is 10.0. The van der Waals surface area contributed by atoms with Gasteiger partial charge in [-0.25, -0.2) is 4.79 Å². The van der Waals surface area contributed by atoms with E-state index >= 15 is 0 Å². The Kier molecular flexibility index (Phi) is 9.96. The fourth-order valence-electron chi connectivity index (χ4n) is 2.78. The van der Waals surface area contributed by atoms with E-state index in [1.807, 2.05) is 6.07 Å². The summed E-state index contributed by atoms with van der Waals surface area (Å²) in [6.45, 7) is 3.69. The van der Waals surface area contributed by atoms with E-state index in [1.165, 1.54) is 6.07 Å². The van der Waals surface area contributed by atoms with Crippen LogP contribution in [0.3, 0.4) is 0 Å². The molecule has 0 fully saturated rings. The molecule has 1 aromatic rings. The summed E-state index contributed by atoms with van der Waals surface area (Å²) in [6.07, 6.45) is 0.577. The molecule has 0 aliphatic heterocycles. The van der Waals surface area contributed by atoms with Crippen molar-refractivity contribution in [1.29, 1.82) is 5.41 Å². The van der Waals surface area contributed by atoms with Crippen LogP contribution in [0.5, 0.6) is 0 Å². The number of carboxylic acids is 2. The Labute approximate surface area is 179 Å². The van der Waals surface area contributed by atoms with Gasteiger partial charge in [0.2, 0.25) is 5.91 Å². The number of carbonyl (C=O) groups is 4. The van der Waals surface area contributed by atoms with Gasteiger partial charge in [0.05, 0.1) is 6.42 Å². The fourth-order valence-corrected chi connectivity index (χ4v) is 2.78. The van der Waals surface area contributed by atoms with Gasteiger partial charge in [0.1, 0.15) is 12.1 Å². The van der Waals surface area contributed by atoms with Crippen LogP contribution in [0.2, 0.25) is 0 Å². The van der Waals surface area contributed by atoms with Gasteiger partial charge in [-0.3, -0.25) is 19.8 Å². The predicted octanol–water partition coefficient (Wildman–Crippen LogP) is -0.0992. The van der Waals surface area contributed by atoms with E-state index in [1.54, 1.807) is 26.0 Å². The second-order valence-electron chi connectivity index (χ2n) is 7.34. The van der Waals surface area contributed by atoms with E-state index in [-0.39, 0.29) is 11.5 Å². The maximum Gasteiger partial charge on any atom is 0.326 e. The molecule has 2 atom stereocenters. The summed E-state index contributed by atoms with van der Waals surface area (Å²) in [6, 6.07) is 3.96. The van der Waals surface area contributed by atoms with Crippen LogP contribution in [0, 0.1) is 11.3 Å². The number of hydrogen-bond acceptors (Lipinski definition) is 5. The number of aliphatic carboxylic acids is 2. The van der Waals surface area contributed by atoms with Gasteiger partial charge in [0.15, 0.2) is 5.96 Å². The molecule has 0 spiro atoms. The van der Waals surface area contributed by atoms with E-state index in [4.69, 9.17) is 16.2 Å². The number of aryl methyl sites for hydroxylation is 1. The molecule has 2 amide bonds. The summed E-state index contributed by atoms with van der Waals surface area (Å²) in [5.41, 5.74) is 6.29. The lowest BCUT2D eigenvalue weighted by Gasteiger charge is -2.22. The molecule has 0 bridgehead atoms. The van der Waals surface area contributed by atoms with Crippen LogP contribution < -0.4 is 21.7 Å². The van der Waals surface area contributed by atoms with Crippen molar-refractivity contribution in [2.75, 3.05) is 6.54 Å². The highest BCUT2D eigenvalue weighted by Crippen LogP contribution is 2.09. The minimum atomic E-state index is -1.44. The second kappa shape index (κ2) is 12.2. The highest BCUT2D eigenvalue weighted by atomic mass is 16.4. The minimum absolute atomic E-state index is 0.126. The Balaban J connectivity index is 2.86. The van der Waals surface area contributed by atoms with Crippen LogP contribution >= 0.6 is 0 Å². The summed E-state index contributed by atoms with van der Waals surface area (Å²) in [7, 11) is 0. The maximum atomic E-state index is 12.6. The second-order valence-corrected chi connectivity index (χ2v) is 7.34. The highest BCUT2D eigenvalue weighted by molar-refractivity contribution is 5.99. The molecule has 0 unspecified atom stereocenters. The molecule has 0 aromatic heterocycles. The number of hydrogen-bond donors (Lipinski definition) is 7. The van der Waals surface area contributed by atoms with E-state index in [9.17, 15) is 24.3 Å². The fraction of sp³-hybridized carbons (Fsp3) is 0.450. The van der Waals surface area contributed by atoms with E-state index < -0.39 is 48.2 Å². The molecule has 0 radical (unpaired) electrons. The number of amides is 2. The van der Waals surface area contributed by atoms with Gasteiger partial charge < -0.3 is 31.9 Å². The normalized spacial score (nSPS) is 12.5. The van der Waals surface area contributed by atoms with Gasteiger partial charge in [-0.05, 0) is 36.5 Å². The lowest BCUT2D eigenvalue weighted by molar-refractivity contribution is -0.144. The Morgan fingerprint density at radius 2 is 1.81 bits per heavy atom. The van der Waals surface area contributed by atoms with Gasteiger partial charge in [0, 0.05) is 12.1 Å². The number of guanidine groups is 1. The van der Waals surface area contributed by atoms with Crippen molar-refractivity contribution in [1.82, 2.24) is 16.0 Å². The van der Waals surface area contributed by atoms with Crippen LogP contribution in [-0.4, -0.2) is 58.6 Å². The molecule has 0 aliphatic carbocycles. The zero-order valence-electron chi connectivity index (χ0n) is 17.5. The van der Waals surface area contributed by atoms with Crippen molar-refractivity contribution >= 4 is 29.7 Å². The number of rotatable bonds is 12. The molecule has 0 heterocycles. The number of benzene rings is 1.